The zero-order valence-corrected chi connectivity index (χ0v) is 16.8. The summed E-state index contributed by atoms with van der Waals surface area (Å²) in [5.74, 6) is -1.64. The Hall–Kier alpha value is -4.80. The zero-order valence-electron chi connectivity index (χ0n) is 16.8. The molecule has 3 rings (SSSR count). The van der Waals surface area contributed by atoms with E-state index in [9.17, 15) is 29.3 Å². The van der Waals surface area contributed by atoms with Gasteiger partial charge in [-0.1, -0.05) is 0 Å². The molecular weight excluding hydrogens is 426 g/mol. The van der Waals surface area contributed by atoms with Crippen molar-refractivity contribution < 1.29 is 19.2 Å². The average Bonchev–Trinajstić information content (AvgIpc) is 3.18. The number of nitriles is 1. The number of imidazole rings is 1. The first-order chi connectivity index (χ1) is 15.1. The summed E-state index contributed by atoms with van der Waals surface area (Å²) in [6.07, 6.45) is 1.20. The highest BCUT2D eigenvalue weighted by molar-refractivity contribution is 5.94. The molecule has 1 aromatic carbocycles. The van der Waals surface area contributed by atoms with Crippen LogP contribution in [0, 0.1) is 21.4 Å². The van der Waals surface area contributed by atoms with Crippen molar-refractivity contribution in [1.29, 1.82) is 5.26 Å². The molecule has 0 bridgehead atoms. The Morgan fingerprint density at radius 3 is 2.66 bits per heavy atom. The maximum atomic E-state index is 12.4. The van der Waals surface area contributed by atoms with Crippen LogP contribution >= 0.6 is 0 Å². The van der Waals surface area contributed by atoms with E-state index in [1.165, 1.54) is 31.1 Å². The Morgan fingerprint density at radius 1 is 1.28 bits per heavy atom. The van der Waals surface area contributed by atoms with E-state index in [1.807, 2.05) is 0 Å². The first-order valence-corrected chi connectivity index (χ1v) is 8.89. The second-order valence-corrected chi connectivity index (χ2v) is 6.56. The van der Waals surface area contributed by atoms with E-state index in [4.69, 9.17) is 10.00 Å². The van der Waals surface area contributed by atoms with Crippen LogP contribution in [0.1, 0.15) is 5.56 Å². The summed E-state index contributed by atoms with van der Waals surface area (Å²) in [7, 11) is 2.72. The molecule has 14 heteroatoms. The van der Waals surface area contributed by atoms with E-state index in [2.05, 4.69) is 10.3 Å². The number of nitrogens with zero attached hydrogens (tertiary/aromatic N) is 6. The van der Waals surface area contributed by atoms with Crippen molar-refractivity contribution in [2.24, 2.45) is 14.1 Å². The lowest BCUT2D eigenvalue weighted by Gasteiger charge is -2.09. The molecule has 0 fully saturated rings. The lowest BCUT2D eigenvalue weighted by molar-refractivity contribution is -0.384. The predicted octanol–water partition coefficient (Wildman–Crippen LogP) is -0.605. The van der Waals surface area contributed by atoms with Crippen molar-refractivity contribution in [1.82, 2.24) is 18.7 Å². The number of rotatable bonds is 6. The minimum atomic E-state index is -0.862. The number of aryl methyl sites for hydroxylation is 1. The van der Waals surface area contributed by atoms with Crippen LogP contribution in [0.2, 0.25) is 0 Å². The number of nitro groups is 1. The quantitative estimate of drug-likeness (QED) is 0.296. The Balaban J connectivity index is 1.68. The zero-order chi connectivity index (χ0) is 23.6. The van der Waals surface area contributed by atoms with Crippen molar-refractivity contribution in [3.63, 3.8) is 0 Å². The predicted molar refractivity (Wildman–Crippen MR) is 108 cm³/mol. The largest absolute Gasteiger partial charge is 0.454 e. The number of non-ortho nitro benzene ring substituents is 1. The molecule has 0 radical (unpaired) electrons. The fourth-order valence-corrected chi connectivity index (χ4v) is 2.88. The minimum absolute atomic E-state index is 0.0144. The minimum Gasteiger partial charge on any atom is -0.454 e. The number of aromatic nitrogens is 4. The molecular formula is C18H15N7O7. The summed E-state index contributed by atoms with van der Waals surface area (Å²) in [4.78, 5) is 62.6. The molecule has 0 aliphatic carbocycles. The molecule has 0 saturated carbocycles. The van der Waals surface area contributed by atoms with Crippen molar-refractivity contribution in [3.05, 3.63) is 61.0 Å². The van der Waals surface area contributed by atoms with Crippen molar-refractivity contribution in [2.75, 3.05) is 11.9 Å². The molecule has 14 nitrogen and oxygen atoms in total. The Kier molecular flexibility index (Phi) is 5.83. The molecule has 164 valence electrons. The number of carbonyl (C=O) groups excluding carboxylic acids is 2. The van der Waals surface area contributed by atoms with Gasteiger partial charge in [0, 0.05) is 26.2 Å². The van der Waals surface area contributed by atoms with E-state index in [1.54, 1.807) is 6.07 Å². The van der Waals surface area contributed by atoms with Crippen LogP contribution in [0.25, 0.3) is 11.2 Å². The van der Waals surface area contributed by atoms with Crippen molar-refractivity contribution in [3.8, 4) is 6.07 Å². The molecule has 3 aromatic rings. The number of amides is 1. The van der Waals surface area contributed by atoms with Crippen molar-refractivity contribution >= 4 is 34.4 Å². The summed E-state index contributed by atoms with van der Waals surface area (Å²) < 4.78 is 8.11. The molecule has 0 aliphatic rings. The summed E-state index contributed by atoms with van der Waals surface area (Å²) in [5.41, 5.74) is -1.55. The van der Waals surface area contributed by atoms with Gasteiger partial charge >= 0.3 is 11.7 Å². The van der Waals surface area contributed by atoms with Crippen molar-refractivity contribution in [2.45, 2.75) is 6.54 Å². The summed E-state index contributed by atoms with van der Waals surface area (Å²) in [5, 5.41) is 22.2. The molecule has 0 saturated heterocycles. The van der Waals surface area contributed by atoms with Gasteiger partial charge in [-0.25, -0.2) is 9.78 Å². The molecule has 1 amide bonds. The highest BCUT2D eigenvalue weighted by atomic mass is 16.6. The fraction of sp³-hybridized carbons (Fsp3) is 0.222. The number of nitro benzene ring substituents is 1. The number of hydrogen-bond donors (Lipinski definition) is 1. The van der Waals surface area contributed by atoms with Gasteiger partial charge in [0.1, 0.15) is 12.6 Å². The first kappa shape index (κ1) is 21.9. The molecule has 32 heavy (non-hydrogen) atoms. The first-order valence-electron chi connectivity index (χ1n) is 8.89. The van der Waals surface area contributed by atoms with E-state index in [0.29, 0.717) is 0 Å². The van der Waals surface area contributed by atoms with Gasteiger partial charge in [0.15, 0.2) is 17.8 Å². The van der Waals surface area contributed by atoms with Crippen LogP contribution in [-0.4, -0.2) is 42.1 Å². The van der Waals surface area contributed by atoms with E-state index >= 15 is 0 Å². The number of fused-ring (bicyclic) bond motifs is 1. The van der Waals surface area contributed by atoms with Gasteiger partial charge in [-0.15, -0.1) is 0 Å². The van der Waals surface area contributed by atoms with E-state index in [-0.39, 0.29) is 28.1 Å². The van der Waals surface area contributed by atoms with Gasteiger partial charge in [0.25, 0.3) is 17.2 Å². The molecule has 0 atom stereocenters. The summed E-state index contributed by atoms with van der Waals surface area (Å²) in [6.45, 7) is -1.15. The topological polar surface area (TPSA) is 184 Å². The molecule has 1 N–H and O–H groups in total. The van der Waals surface area contributed by atoms with Crippen LogP contribution < -0.4 is 16.6 Å². The number of esters is 1. The second-order valence-electron chi connectivity index (χ2n) is 6.56. The Labute approximate surface area is 178 Å². The highest BCUT2D eigenvalue weighted by Gasteiger charge is 2.18. The number of benzene rings is 1. The lowest BCUT2D eigenvalue weighted by Crippen LogP contribution is -2.37. The third kappa shape index (κ3) is 4.07. The van der Waals surface area contributed by atoms with Crippen LogP contribution in [0.3, 0.4) is 0 Å². The number of hydrogen-bond acceptors (Lipinski definition) is 9. The average molecular weight is 441 g/mol. The van der Waals surface area contributed by atoms with Crippen LogP contribution in [0.5, 0.6) is 0 Å². The number of carbonyl (C=O) groups is 2. The van der Waals surface area contributed by atoms with Gasteiger partial charge in [-0.2, -0.15) is 5.26 Å². The number of ether oxygens (including phenoxy) is 1. The maximum Gasteiger partial charge on any atom is 0.332 e. The number of nitrogens with one attached hydrogen (secondary N) is 1. The van der Waals surface area contributed by atoms with E-state index in [0.717, 1.165) is 21.3 Å². The lowest BCUT2D eigenvalue weighted by atomic mass is 10.1. The van der Waals surface area contributed by atoms with Gasteiger partial charge < -0.3 is 14.6 Å². The van der Waals surface area contributed by atoms with Crippen LogP contribution in [0.4, 0.5) is 11.4 Å². The van der Waals surface area contributed by atoms with E-state index < -0.39 is 41.2 Å². The Bertz CT molecular complexity index is 1420. The van der Waals surface area contributed by atoms with Gasteiger partial charge in [0.2, 0.25) is 0 Å². The molecule has 0 spiro atoms. The smallest absolute Gasteiger partial charge is 0.332 e. The molecule has 2 aromatic heterocycles. The second kappa shape index (κ2) is 8.52. The number of anilines is 1. The fourth-order valence-electron chi connectivity index (χ4n) is 2.88. The van der Waals surface area contributed by atoms with Crippen LogP contribution in [-0.2, 0) is 35.0 Å². The third-order valence-electron chi connectivity index (χ3n) is 4.49. The van der Waals surface area contributed by atoms with Crippen LogP contribution in [0.15, 0.2) is 34.1 Å². The molecule has 2 heterocycles. The van der Waals surface area contributed by atoms with Gasteiger partial charge in [0.05, 0.1) is 22.5 Å². The standard InChI is InChI=1S/C18H15N7O7/c1-22-16-15(17(28)23(2)18(22)29)24(9-20-16)7-14(27)32-8-13(26)21-12-4-3-11(25(30)31)5-10(12)6-19/h3-5,9H,7-8H2,1-2H3,(H,21,26). The maximum absolute atomic E-state index is 12.4. The SMILES string of the molecule is Cn1c(=O)c2c(ncn2CC(=O)OCC(=O)Nc2ccc([N+](=O)[O-])cc2C#N)n(C)c1=O. The van der Waals surface area contributed by atoms with Gasteiger partial charge in [-0.3, -0.25) is 33.6 Å². The monoisotopic (exact) mass is 441 g/mol. The Morgan fingerprint density at radius 2 is 2.00 bits per heavy atom. The van der Waals surface area contributed by atoms with Gasteiger partial charge in [-0.05, 0) is 6.07 Å². The normalized spacial score (nSPS) is 10.5. The summed E-state index contributed by atoms with van der Waals surface area (Å²) in [6, 6.07) is 5.03. The summed E-state index contributed by atoms with van der Waals surface area (Å²) >= 11 is 0. The highest BCUT2D eigenvalue weighted by Crippen LogP contribution is 2.21. The molecule has 0 unspecified atom stereocenters. The third-order valence-corrected chi connectivity index (χ3v) is 4.49. The molecule has 0 aliphatic heterocycles.